The van der Waals surface area contributed by atoms with E-state index in [9.17, 15) is 8.42 Å². The molecule has 2 atom stereocenters. The Morgan fingerprint density at radius 2 is 1.68 bits per heavy atom. The minimum Gasteiger partial charge on any atom is -0.308 e. The van der Waals surface area contributed by atoms with Crippen molar-refractivity contribution < 1.29 is 13.0 Å². The highest BCUT2D eigenvalue weighted by Gasteiger charge is 2.25. The largest absolute Gasteiger partial charge is 0.308 e. The molecule has 1 aromatic heterocycles. The van der Waals surface area contributed by atoms with Crippen LogP contribution in [-0.2, 0) is 10.1 Å². The first-order valence-corrected chi connectivity index (χ1v) is 9.96. The number of halogens is 3. The van der Waals surface area contributed by atoms with Crippen molar-refractivity contribution in [3.8, 4) is 0 Å². The van der Waals surface area contributed by atoms with Crippen molar-refractivity contribution in [1.82, 2.24) is 15.0 Å². The summed E-state index contributed by atoms with van der Waals surface area (Å²) in [5, 5.41) is -0.934. The quantitative estimate of drug-likeness (QED) is 0.535. The van der Waals surface area contributed by atoms with Crippen LogP contribution in [0.1, 0.15) is 13.3 Å². The van der Waals surface area contributed by atoms with Crippen LogP contribution in [0.4, 0.5) is 11.6 Å². The molecule has 0 saturated carbocycles. The number of nitrogens with zero attached hydrogens (tertiary/aromatic N) is 4. The molecule has 136 valence electrons. The summed E-state index contributed by atoms with van der Waals surface area (Å²) in [7, 11) is -4.17. The Labute approximate surface area is 160 Å². The van der Waals surface area contributed by atoms with Gasteiger partial charge >= 0.3 is 0 Å². The molecule has 1 N–H and O–H groups in total. The van der Waals surface area contributed by atoms with E-state index in [-0.39, 0.29) is 29.0 Å². The average Bonchev–Trinajstić information content (AvgIpc) is 2.45. The number of alkyl halides is 1. The van der Waals surface area contributed by atoms with Crippen molar-refractivity contribution in [1.29, 1.82) is 0 Å². The highest BCUT2D eigenvalue weighted by molar-refractivity contribution is 7.85. The molecule has 0 fully saturated rings. The molecule has 0 bridgehead atoms. The van der Waals surface area contributed by atoms with Crippen molar-refractivity contribution in [3.63, 3.8) is 0 Å². The molecular weight excluding hydrogens is 411 g/mol. The maximum Gasteiger partial charge on any atom is 0.266 e. The van der Waals surface area contributed by atoms with Gasteiger partial charge in [0.15, 0.2) is 0 Å². The lowest BCUT2D eigenvalue weighted by Gasteiger charge is -2.30. The molecule has 0 aliphatic carbocycles. The van der Waals surface area contributed by atoms with E-state index in [1.807, 2.05) is 37.3 Å². The van der Waals surface area contributed by atoms with Gasteiger partial charge in [-0.1, -0.05) is 18.2 Å². The number of hydrogen-bond acceptors (Lipinski definition) is 6. The number of rotatable bonds is 7. The smallest absolute Gasteiger partial charge is 0.266 e. The van der Waals surface area contributed by atoms with E-state index in [2.05, 4.69) is 15.0 Å². The van der Waals surface area contributed by atoms with Crippen LogP contribution in [0.25, 0.3) is 0 Å². The van der Waals surface area contributed by atoms with Gasteiger partial charge in [0.2, 0.25) is 16.5 Å². The Bertz CT molecular complexity index is 803. The number of benzene rings is 1. The molecule has 0 saturated heterocycles. The van der Waals surface area contributed by atoms with Crippen molar-refractivity contribution in [3.05, 3.63) is 40.9 Å². The molecule has 7 nitrogen and oxygen atoms in total. The zero-order valence-corrected chi connectivity index (χ0v) is 16.1. The summed E-state index contributed by atoms with van der Waals surface area (Å²) >= 11 is 17.8. The first-order chi connectivity index (χ1) is 11.7. The van der Waals surface area contributed by atoms with Gasteiger partial charge < -0.3 is 4.90 Å². The summed E-state index contributed by atoms with van der Waals surface area (Å²) in [6, 6.07) is 8.84. The average molecular weight is 426 g/mol. The highest BCUT2D eigenvalue weighted by Crippen LogP contribution is 2.28. The van der Waals surface area contributed by atoms with E-state index < -0.39 is 21.2 Å². The Morgan fingerprint density at radius 3 is 2.20 bits per heavy atom. The fourth-order valence-corrected chi connectivity index (χ4v) is 4.03. The third kappa shape index (κ3) is 6.23. The minimum absolute atomic E-state index is 0.0662. The highest BCUT2D eigenvalue weighted by atomic mass is 35.5. The first-order valence-electron chi connectivity index (χ1n) is 7.16. The minimum atomic E-state index is -4.17. The van der Waals surface area contributed by atoms with Crippen LogP contribution >= 0.6 is 34.8 Å². The molecule has 25 heavy (non-hydrogen) atoms. The number of hydrogen-bond donors (Lipinski definition) is 1. The summed E-state index contributed by atoms with van der Waals surface area (Å²) in [4.78, 5) is 13.6. The Hall–Kier alpha value is -1.19. The maximum atomic E-state index is 11.0. The van der Waals surface area contributed by atoms with Crippen molar-refractivity contribution in [2.75, 3.05) is 10.7 Å². The topological polar surface area (TPSA) is 96.3 Å². The van der Waals surface area contributed by atoms with E-state index in [4.69, 9.17) is 39.4 Å². The molecule has 2 unspecified atom stereocenters. The first kappa shape index (κ1) is 20.1. The maximum absolute atomic E-state index is 11.0. The van der Waals surface area contributed by atoms with E-state index in [1.165, 1.54) is 0 Å². The zero-order chi connectivity index (χ0) is 18.6. The van der Waals surface area contributed by atoms with Gasteiger partial charge in [0.25, 0.3) is 10.1 Å². The Balaban J connectivity index is 2.35. The Kier molecular flexibility index (Phi) is 6.81. The van der Waals surface area contributed by atoms with Gasteiger partial charge in [-0.2, -0.15) is 23.4 Å². The van der Waals surface area contributed by atoms with Crippen molar-refractivity contribution in [2.24, 2.45) is 0 Å². The van der Waals surface area contributed by atoms with Crippen LogP contribution in [0.2, 0.25) is 10.6 Å². The molecule has 0 spiro atoms. The Morgan fingerprint density at radius 1 is 1.12 bits per heavy atom. The summed E-state index contributed by atoms with van der Waals surface area (Å²) in [5.74, 6) is -0.348. The van der Waals surface area contributed by atoms with Gasteiger partial charge in [-0.05, 0) is 48.7 Å². The lowest BCUT2D eigenvalue weighted by molar-refractivity contribution is 0.479. The van der Waals surface area contributed by atoms with Crippen molar-refractivity contribution >= 4 is 56.6 Å². The van der Waals surface area contributed by atoms with Crippen LogP contribution in [0, 0.1) is 0 Å². The second-order valence-electron chi connectivity index (χ2n) is 5.31. The molecule has 0 aliphatic rings. The molecule has 1 heterocycles. The molecule has 0 amide bonds. The summed E-state index contributed by atoms with van der Waals surface area (Å²) in [6.07, 6.45) is 0.233. The van der Waals surface area contributed by atoms with Crippen LogP contribution < -0.4 is 4.90 Å². The van der Waals surface area contributed by atoms with Gasteiger partial charge in [-0.3, -0.25) is 4.55 Å². The second kappa shape index (κ2) is 8.46. The van der Waals surface area contributed by atoms with Gasteiger partial charge in [-0.15, -0.1) is 11.6 Å². The molecular formula is C14H15Cl3N4O3S. The third-order valence-corrected chi connectivity index (χ3v) is 4.93. The summed E-state index contributed by atoms with van der Waals surface area (Å²) < 4.78 is 31.0. The van der Waals surface area contributed by atoms with Crippen LogP contribution in [0.15, 0.2) is 30.3 Å². The normalized spacial score (nSPS) is 14.1. The molecule has 2 rings (SSSR count). The molecule has 11 heteroatoms. The predicted molar refractivity (Wildman–Crippen MR) is 98.6 cm³/mol. The molecule has 0 aliphatic heterocycles. The number of para-hydroxylation sites is 1. The van der Waals surface area contributed by atoms with Gasteiger partial charge in [0.1, 0.15) is 0 Å². The number of aromatic nitrogens is 3. The van der Waals surface area contributed by atoms with E-state index in [1.54, 1.807) is 4.90 Å². The second-order valence-corrected chi connectivity index (χ2v) is 8.10. The van der Waals surface area contributed by atoms with Crippen LogP contribution in [-0.4, -0.2) is 45.1 Å². The predicted octanol–water partition coefficient (Wildman–Crippen LogP) is 3.59. The molecule has 1 aromatic carbocycles. The fraction of sp³-hybridized carbons (Fsp3) is 0.357. The molecule has 2 aromatic rings. The van der Waals surface area contributed by atoms with E-state index in [0.717, 1.165) is 5.69 Å². The summed E-state index contributed by atoms with van der Waals surface area (Å²) in [5.41, 5.74) is 0.740. The molecule has 0 radical (unpaired) electrons. The van der Waals surface area contributed by atoms with E-state index >= 15 is 0 Å². The van der Waals surface area contributed by atoms with E-state index in [0.29, 0.717) is 0 Å². The van der Waals surface area contributed by atoms with Crippen LogP contribution in [0.5, 0.6) is 0 Å². The van der Waals surface area contributed by atoms with Gasteiger partial charge in [-0.25, -0.2) is 0 Å². The lowest BCUT2D eigenvalue weighted by atomic mass is 10.1. The van der Waals surface area contributed by atoms with Gasteiger partial charge in [0, 0.05) is 11.7 Å². The van der Waals surface area contributed by atoms with Crippen LogP contribution in [0.3, 0.4) is 0 Å². The zero-order valence-electron chi connectivity index (χ0n) is 13.1. The number of anilines is 2. The third-order valence-electron chi connectivity index (χ3n) is 3.25. The van der Waals surface area contributed by atoms with Crippen molar-refractivity contribution in [2.45, 2.75) is 24.8 Å². The van der Waals surface area contributed by atoms with Gasteiger partial charge in [0.05, 0.1) is 11.1 Å². The standard InChI is InChI=1S/C14H15Cl3N4O3S/c1-9(7-10(15)8-25(22,23)24)21(11-5-3-2-4-6-11)14-19-12(16)18-13(17)20-14/h2-6,9-10H,7-8H2,1H3,(H,22,23,24). The lowest BCUT2D eigenvalue weighted by Crippen LogP contribution is -2.33. The fourth-order valence-electron chi connectivity index (χ4n) is 2.35. The SMILES string of the molecule is CC(CC(Cl)CS(=O)(=O)O)N(c1ccccc1)c1nc(Cl)nc(Cl)n1. The monoisotopic (exact) mass is 424 g/mol. The summed E-state index contributed by atoms with van der Waals surface area (Å²) in [6.45, 7) is 1.82.